The van der Waals surface area contributed by atoms with Crippen LogP contribution in [0.2, 0.25) is 0 Å². The Balaban J connectivity index is 0. The molecular weight excluding hydrogens is 206 g/mol. The van der Waals surface area contributed by atoms with Crippen molar-refractivity contribution in [3.63, 3.8) is 0 Å². The molecule has 0 heterocycles. The van der Waals surface area contributed by atoms with Crippen LogP contribution in [0, 0.1) is 0 Å². The molecule has 0 radical (unpaired) electrons. The first-order valence-electron chi connectivity index (χ1n) is 5.95. The molecule has 4 nitrogen and oxygen atoms in total. The highest BCUT2D eigenvalue weighted by Crippen LogP contribution is 2.07. The number of hydrogen-bond donors (Lipinski definition) is 1. The predicted molar refractivity (Wildman–Crippen MR) is 65.9 cm³/mol. The second kappa shape index (κ2) is 14.4. The molecule has 98 valence electrons. The molecule has 0 unspecified atom stereocenters. The van der Waals surface area contributed by atoms with Gasteiger partial charge in [0.2, 0.25) is 0 Å². The quantitative estimate of drug-likeness (QED) is 0.465. The van der Waals surface area contributed by atoms with Gasteiger partial charge in [-0.3, -0.25) is 4.79 Å². The Morgan fingerprint density at radius 2 is 1.62 bits per heavy atom. The molecule has 0 spiro atoms. The maximum absolute atomic E-state index is 11.1. The number of carbonyl (C=O) groups excluding carboxylic acids is 1. The first kappa shape index (κ1) is 17.8. The molecule has 0 atom stereocenters. The van der Waals surface area contributed by atoms with Crippen molar-refractivity contribution < 1.29 is 14.3 Å². The van der Waals surface area contributed by atoms with Gasteiger partial charge < -0.3 is 15.6 Å². The third-order valence-corrected chi connectivity index (χ3v) is 2.28. The van der Waals surface area contributed by atoms with Gasteiger partial charge in [0.15, 0.2) is 0 Å². The average Bonchev–Trinajstić information content (AvgIpc) is 2.23. The Kier molecular flexibility index (Phi) is 16.0. The van der Waals surface area contributed by atoms with E-state index < -0.39 is 0 Å². The fourth-order valence-electron chi connectivity index (χ4n) is 1.36. The zero-order valence-electron chi connectivity index (χ0n) is 10.8. The van der Waals surface area contributed by atoms with E-state index in [1.54, 1.807) is 7.11 Å². The number of unbranched alkanes of at least 4 members (excludes halogenated alkanes) is 5. The number of hydrogen-bond acceptors (Lipinski definition) is 4. The molecule has 0 aliphatic rings. The maximum atomic E-state index is 11.1. The van der Waals surface area contributed by atoms with Gasteiger partial charge in [-0.2, -0.15) is 0 Å². The summed E-state index contributed by atoms with van der Waals surface area (Å²) >= 11 is 0. The van der Waals surface area contributed by atoms with Crippen LogP contribution in [0.4, 0.5) is 0 Å². The Morgan fingerprint density at radius 1 is 1.00 bits per heavy atom. The number of carbonyl (C=O) groups is 1. The summed E-state index contributed by atoms with van der Waals surface area (Å²) in [5.74, 6) is -0.0949. The largest absolute Gasteiger partial charge is 0.463 e. The Morgan fingerprint density at radius 3 is 2.25 bits per heavy atom. The van der Waals surface area contributed by atoms with Gasteiger partial charge in [0.25, 0.3) is 0 Å². The van der Waals surface area contributed by atoms with E-state index in [4.69, 9.17) is 9.47 Å². The summed E-state index contributed by atoms with van der Waals surface area (Å²) in [6, 6.07) is 0. The second-order valence-electron chi connectivity index (χ2n) is 3.73. The van der Waals surface area contributed by atoms with Gasteiger partial charge in [-0.05, 0) is 6.42 Å². The molecule has 0 aromatic heterocycles. The van der Waals surface area contributed by atoms with Gasteiger partial charge in [0.05, 0.1) is 6.61 Å². The van der Waals surface area contributed by atoms with E-state index in [1.165, 1.54) is 25.7 Å². The summed E-state index contributed by atoms with van der Waals surface area (Å²) in [4.78, 5) is 11.1. The van der Waals surface area contributed by atoms with Gasteiger partial charge in [0.1, 0.15) is 6.61 Å². The van der Waals surface area contributed by atoms with E-state index in [-0.39, 0.29) is 12.1 Å². The fraction of sp³-hybridized carbons (Fsp3) is 0.917. The van der Waals surface area contributed by atoms with Crippen LogP contribution in [-0.4, -0.2) is 26.3 Å². The number of ether oxygens (including phenoxy) is 2. The zero-order valence-corrected chi connectivity index (χ0v) is 10.8. The molecule has 0 aliphatic heterocycles. The van der Waals surface area contributed by atoms with Crippen LogP contribution in [0.5, 0.6) is 0 Å². The highest BCUT2D eigenvalue weighted by Gasteiger charge is 2.01. The summed E-state index contributed by atoms with van der Waals surface area (Å²) in [6.07, 6.45) is 7.73. The minimum atomic E-state index is -0.0949. The summed E-state index contributed by atoms with van der Waals surface area (Å²) < 4.78 is 9.73. The van der Waals surface area contributed by atoms with E-state index in [2.05, 4.69) is 6.92 Å². The lowest BCUT2D eigenvalue weighted by Gasteiger charge is -2.03. The van der Waals surface area contributed by atoms with Gasteiger partial charge in [-0.15, -0.1) is 0 Å². The summed E-state index contributed by atoms with van der Waals surface area (Å²) in [7, 11) is 1.60. The Labute approximate surface area is 99.3 Å². The van der Waals surface area contributed by atoms with Crippen molar-refractivity contribution in [3.8, 4) is 0 Å². The van der Waals surface area contributed by atoms with Crippen LogP contribution < -0.4 is 6.15 Å². The van der Waals surface area contributed by atoms with Crippen molar-refractivity contribution >= 4 is 5.97 Å². The van der Waals surface area contributed by atoms with E-state index in [9.17, 15) is 4.79 Å². The SMILES string of the molecule is CCCCCCCCC(=O)OCCOC.N. The predicted octanol–water partition coefficient (Wildman–Crippen LogP) is 3.09. The molecular formula is C12H27NO3. The first-order chi connectivity index (χ1) is 7.31. The lowest BCUT2D eigenvalue weighted by atomic mass is 10.1. The van der Waals surface area contributed by atoms with Crippen molar-refractivity contribution in [2.75, 3.05) is 20.3 Å². The molecule has 0 fully saturated rings. The van der Waals surface area contributed by atoms with E-state index in [0.29, 0.717) is 19.6 Å². The molecule has 0 saturated carbocycles. The Hall–Kier alpha value is -0.610. The molecule has 16 heavy (non-hydrogen) atoms. The second-order valence-corrected chi connectivity index (χ2v) is 3.73. The molecule has 0 aromatic carbocycles. The Bertz CT molecular complexity index is 151. The molecule has 0 rings (SSSR count). The van der Waals surface area contributed by atoms with Crippen LogP contribution in [-0.2, 0) is 14.3 Å². The van der Waals surface area contributed by atoms with E-state index in [1.807, 2.05) is 0 Å². The van der Waals surface area contributed by atoms with Gasteiger partial charge in [0, 0.05) is 13.5 Å². The number of rotatable bonds is 10. The van der Waals surface area contributed by atoms with Crippen molar-refractivity contribution in [2.45, 2.75) is 51.9 Å². The third-order valence-electron chi connectivity index (χ3n) is 2.28. The standard InChI is InChI=1S/C12H24O3.H3N/c1-3-4-5-6-7-8-9-12(13)15-11-10-14-2;/h3-11H2,1-2H3;1H3. The normalized spacial score (nSPS) is 9.62. The fourth-order valence-corrected chi connectivity index (χ4v) is 1.36. The summed E-state index contributed by atoms with van der Waals surface area (Å²) in [6.45, 7) is 3.07. The zero-order chi connectivity index (χ0) is 11.4. The van der Waals surface area contributed by atoms with Gasteiger partial charge in [-0.1, -0.05) is 39.0 Å². The third kappa shape index (κ3) is 13.4. The smallest absolute Gasteiger partial charge is 0.305 e. The molecule has 0 aromatic rings. The molecule has 3 N–H and O–H groups in total. The molecule has 0 amide bonds. The van der Waals surface area contributed by atoms with Crippen LogP contribution in [0.15, 0.2) is 0 Å². The minimum absolute atomic E-state index is 0. The summed E-state index contributed by atoms with van der Waals surface area (Å²) in [5, 5.41) is 0. The molecule has 0 aliphatic carbocycles. The van der Waals surface area contributed by atoms with Crippen LogP contribution in [0.3, 0.4) is 0 Å². The topological polar surface area (TPSA) is 70.5 Å². The highest BCUT2D eigenvalue weighted by atomic mass is 16.6. The van der Waals surface area contributed by atoms with Gasteiger partial charge >= 0.3 is 5.97 Å². The lowest BCUT2D eigenvalue weighted by molar-refractivity contribution is -0.145. The van der Waals surface area contributed by atoms with Gasteiger partial charge in [-0.25, -0.2) is 0 Å². The first-order valence-corrected chi connectivity index (χ1v) is 5.95. The number of methoxy groups -OCH3 is 1. The van der Waals surface area contributed by atoms with E-state index in [0.717, 1.165) is 12.8 Å². The van der Waals surface area contributed by atoms with Crippen LogP contribution in [0.25, 0.3) is 0 Å². The lowest BCUT2D eigenvalue weighted by Crippen LogP contribution is -2.09. The molecule has 4 heteroatoms. The molecule has 0 bridgehead atoms. The van der Waals surface area contributed by atoms with Crippen molar-refractivity contribution in [2.24, 2.45) is 0 Å². The van der Waals surface area contributed by atoms with Crippen molar-refractivity contribution in [1.29, 1.82) is 0 Å². The minimum Gasteiger partial charge on any atom is -0.463 e. The van der Waals surface area contributed by atoms with Crippen LogP contribution >= 0.6 is 0 Å². The van der Waals surface area contributed by atoms with Crippen LogP contribution in [0.1, 0.15) is 51.9 Å². The summed E-state index contributed by atoms with van der Waals surface area (Å²) in [5.41, 5.74) is 0. The van der Waals surface area contributed by atoms with Crippen molar-refractivity contribution in [1.82, 2.24) is 6.15 Å². The maximum Gasteiger partial charge on any atom is 0.305 e. The van der Waals surface area contributed by atoms with Crippen molar-refractivity contribution in [3.05, 3.63) is 0 Å². The number of esters is 1. The average molecular weight is 233 g/mol. The molecule has 0 saturated heterocycles. The monoisotopic (exact) mass is 233 g/mol. The highest BCUT2D eigenvalue weighted by molar-refractivity contribution is 5.69. The van der Waals surface area contributed by atoms with E-state index >= 15 is 0 Å².